The molecule has 0 saturated heterocycles. The molecule has 0 heterocycles. The molecule has 0 aromatic heterocycles. The molecule has 0 amide bonds. The predicted octanol–water partition coefficient (Wildman–Crippen LogP) is 3.71. The van der Waals surface area contributed by atoms with Crippen LogP contribution in [0.2, 0.25) is 0 Å². The Labute approximate surface area is 122 Å². The topological polar surface area (TPSA) is 43.1 Å². The Hall–Kier alpha value is 0.110. The van der Waals surface area contributed by atoms with E-state index in [-0.39, 0.29) is 10.00 Å². The monoisotopic (exact) mass is 287 g/mol. The molecule has 19 heavy (non-hydrogen) atoms. The fourth-order valence-corrected chi connectivity index (χ4v) is 5.09. The third-order valence-electron chi connectivity index (χ3n) is 5.13. The van der Waals surface area contributed by atoms with Gasteiger partial charge in [-0.05, 0) is 63.8 Å². The van der Waals surface area contributed by atoms with Gasteiger partial charge in [0.25, 0.3) is 0 Å². The zero-order chi connectivity index (χ0) is 14.8. The molecule has 1 saturated carbocycles. The zero-order valence-corrected chi connectivity index (χ0v) is 14.5. The van der Waals surface area contributed by atoms with Gasteiger partial charge in [0.2, 0.25) is 0 Å². The molecule has 0 radical (unpaired) electrons. The van der Waals surface area contributed by atoms with Gasteiger partial charge in [0.05, 0.1) is 0 Å². The second kappa shape index (κ2) is 6.26. The van der Waals surface area contributed by atoms with Gasteiger partial charge in [-0.15, -0.1) is 0 Å². The van der Waals surface area contributed by atoms with Gasteiger partial charge < -0.3 is 5.73 Å². The summed E-state index contributed by atoms with van der Waals surface area (Å²) in [7, 11) is -0.791. The smallest absolute Gasteiger partial charge is 0.0396 e. The highest BCUT2D eigenvalue weighted by molar-refractivity contribution is 7.87. The van der Waals surface area contributed by atoms with E-state index in [0.29, 0.717) is 23.8 Å². The van der Waals surface area contributed by atoms with E-state index in [9.17, 15) is 4.21 Å². The molecule has 3 heteroatoms. The first kappa shape index (κ1) is 17.2. The fraction of sp³-hybridized carbons (Fsp3) is 1.00. The fourth-order valence-electron chi connectivity index (χ4n) is 3.18. The molecular formula is C16H33NOS. The standard InChI is InChI=1S/C16H33NOS/c1-7-16(5,6)13-9-8-12(11-17)14(10-13)19(18)15(2,3)4/h12-14H,7-11,17H2,1-6H3. The van der Waals surface area contributed by atoms with E-state index in [4.69, 9.17) is 5.73 Å². The van der Waals surface area contributed by atoms with Crippen LogP contribution in [-0.4, -0.2) is 20.8 Å². The van der Waals surface area contributed by atoms with Crippen LogP contribution in [0, 0.1) is 17.3 Å². The van der Waals surface area contributed by atoms with Gasteiger partial charge >= 0.3 is 0 Å². The minimum absolute atomic E-state index is 0.129. The normalized spacial score (nSPS) is 31.2. The predicted molar refractivity (Wildman–Crippen MR) is 85.6 cm³/mol. The van der Waals surface area contributed by atoms with Gasteiger partial charge in [-0.1, -0.05) is 27.2 Å². The first-order valence-electron chi connectivity index (χ1n) is 7.74. The van der Waals surface area contributed by atoms with Gasteiger partial charge in [-0.25, -0.2) is 0 Å². The number of hydrogen-bond donors (Lipinski definition) is 1. The lowest BCUT2D eigenvalue weighted by molar-refractivity contribution is 0.133. The van der Waals surface area contributed by atoms with Crippen LogP contribution in [0.3, 0.4) is 0 Å². The maximum atomic E-state index is 12.8. The van der Waals surface area contributed by atoms with Crippen LogP contribution in [0.4, 0.5) is 0 Å². The molecule has 114 valence electrons. The van der Waals surface area contributed by atoms with Crippen molar-refractivity contribution in [1.29, 1.82) is 0 Å². The maximum Gasteiger partial charge on any atom is 0.0396 e. The molecule has 0 spiro atoms. The van der Waals surface area contributed by atoms with E-state index in [1.807, 2.05) is 0 Å². The number of rotatable bonds is 4. The van der Waals surface area contributed by atoms with Gasteiger partial charge in [0.1, 0.15) is 0 Å². The highest BCUT2D eigenvalue weighted by Gasteiger charge is 2.41. The van der Waals surface area contributed by atoms with Crippen LogP contribution in [0.15, 0.2) is 0 Å². The lowest BCUT2D eigenvalue weighted by Crippen LogP contribution is -2.45. The second-order valence-corrected chi connectivity index (χ2v) is 10.2. The van der Waals surface area contributed by atoms with E-state index in [0.717, 1.165) is 12.8 Å². The van der Waals surface area contributed by atoms with Crippen LogP contribution in [0.25, 0.3) is 0 Å². The third-order valence-corrected chi connectivity index (χ3v) is 7.46. The summed E-state index contributed by atoms with van der Waals surface area (Å²) in [5.74, 6) is 1.14. The van der Waals surface area contributed by atoms with Crippen LogP contribution in [0.1, 0.15) is 67.2 Å². The van der Waals surface area contributed by atoms with Crippen LogP contribution in [-0.2, 0) is 10.8 Å². The minimum Gasteiger partial charge on any atom is -0.330 e. The Bertz CT molecular complexity index is 319. The van der Waals surface area contributed by atoms with Gasteiger partial charge in [-0.2, -0.15) is 0 Å². The first-order chi connectivity index (χ1) is 8.63. The molecule has 0 aromatic rings. The van der Waals surface area contributed by atoms with Gasteiger partial charge in [0, 0.05) is 20.8 Å². The molecule has 2 N–H and O–H groups in total. The molecule has 1 rings (SSSR count). The van der Waals surface area contributed by atoms with Crippen molar-refractivity contribution in [2.45, 2.75) is 77.2 Å². The highest BCUT2D eigenvalue weighted by Crippen LogP contribution is 2.44. The molecule has 0 bridgehead atoms. The Morgan fingerprint density at radius 2 is 1.74 bits per heavy atom. The van der Waals surface area contributed by atoms with Gasteiger partial charge in [0.15, 0.2) is 0 Å². The Kier molecular flexibility index (Phi) is 5.65. The average molecular weight is 288 g/mol. The number of hydrogen-bond acceptors (Lipinski definition) is 2. The molecule has 1 fully saturated rings. The van der Waals surface area contributed by atoms with E-state index < -0.39 is 10.8 Å². The molecule has 1 aliphatic carbocycles. The van der Waals surface area contributed by atoms with Crippen molar-refractivity contribution in [1.82, 2.24) is 0 Å². The molecule has 4 unspecified atom stereocenters. The lowest BCUT2D eigenvalue weighted by Gasteiger charge is -2.44. The number of nitrogens with two attached hydrogens (primary N) is 1. The van der Waals surface area contributed by atoms with Crippen molar-refractivity contribution < 1.29 is 4.21 Å². The summed E-state index contributed by atoms with van der Waals surface area (Å²) >= 11 is 0. The van der Waals surface area contributed by atoms with Crippen molar-refractivity contribution in [2.24, 2.45) is 23.0 Å². The SMILES string of the molecule is CCC(C)(C)C1CCC(CN)C(S(=O)C(C)(C)C)C1. The van der Waals surface area contributed by atoms with E-state index in [1.165, 1.54) is 12.8 Å². The lowest BCUT2D eigenvalue weighted by atomic mass is 9.67. The van der Waals surface area contributed by atoms with Crippen LogP contribution < -0.4 is 5.73 Å². The first-order valence-corrected chi connectivity index (χ1v) is 8.95. The van der Waals surface area contributed by atoms with E-state index in [1.54, 1.807) is 0 Å². The largest absolute Gasteiger partial charge is 0.330 e. The Morgan fingerprint density at radius 3 is 2.16 bits per heavy atom. The molecule has 0 aliphatic heterocycles. The maximum absolute atomic E-state index is 12.8. The summed E-state index contributed by atoms with van der Waals surface area (Å²) < 4.78 is 12.7. The van der Waals surface area contributed by atoms with Crippen LogP contribution in [0.5, 0.6) is 0 Å². The van der Waals surface area contributed by atoms with Crippen molar-refractivity contribution in [3.05, 3.63) is 0 Å². The van der Waals surface area contributed by atoms with Crippen molar-refractivity contribution in [2.75, 3.05) is 6.54 Å². The molecule has 1 aliphatic rings. The quantitative estimate of drug-likeness (QED) is 0.856. The molecular weight excluding hydrogens is 254 g/mol. The second-order valence-electron chi connectivity index (χ2n) is 7.80. The van der Waals surface area contributed by atoms with Gasteiger partial charge in [-0.3, -0.25) is 4.21 Å². The summed E-state index contributed by atoms with van der Waals surface area (Å²) in [5.41, 5.74) is 6.29. The average Bonchev–Trinajstić information content (AvgIpc) is 2.35. The summed E-state index contributed by atoms with van der Waals surface area (Å²) in [5, 5.41) is 0.287. The van der Waals surface area contributed by atoms with E-state index in [2.05, 4.69) is 41.5 Å². The Balaban J connectivity index is 2.89. The summed E-state index contributed by atoms with van der Waals surface area (Å²) in [6, 6.07) is 0. The van der Waals surface area contributed by atoms with Crippen molar-refractivity contribution in [3.8, 4) is 0 Å². The van der Waals surface area contributed by atoms with Crippen molar-refractivity contribution in [3.63, 3.8) is 0 Å². The summed E-state index contributed by atoms with van der Waals surface area (Å²) in [4.78, 5) is 0. The third kappa shape index (κ3) is 4.04. The summed E-state index contributed by atoms with van der Waals surface area (Å²) in [6.45, 7) is 13.9. The summed E-state index contributed by atoms with van der Waals surface area (Å²) in [6.07, 6.45) is 4.68. The van der Waals surface area contributed by atoms with Crippen molar-refractivity contribution >= 4 is 10.8 Å². The highest BCUT2D eigenvalue weighted by atomic mass is 32.2. The minimum atomic E-state index is -0.791. The van der Waals surface area contributed by atoms with E-state index >= 15 is 0 Å². The Morgan fingerprint density at radius 1 is 1.16 bits per heavy atom. The molecule has 2 nitrogen and oxygen atoms in total. The molecule has 4 atom stereocenters. The zero-order valence-electron chi connectivity index (χ0n) is 13.7. The molecule has 0 aromatic carbocycles. The van der Waals surface area contributed by atoms with Crippen LogP contribution >= 0.6 is 0 Å².